The maximum atomic E-state index is 6.21. The second-order valence-corrected chi connectivity index (χ2v) is 5.39. The van der Waals surface area contributed by atoms with E-state index in [0.717, 1.165) is 17.5 Å². The summed E-state index contributed by atoms with van der Waals surface area (Å²) in [5.74, 6) is 0.422. The first-order chi connectivity index (χ1) is 8.58. The molecule has 1 atom stereocenters. The number of halogens is 2. The first-order valence-electron chi connectivity index (χ1n) is 5.94. The average Bonchev–Trinajstić information content (AvgIpc) is 2.33. The molecule has 2 aromatic rings. The fourth-order valence-electron chi connectivity index (χ4n) is 1.95. The van der Waals surface area contributed by atoms with Crippen LogP contribution >= 0.6 is 23.2 Å². The van der Waals surface area contributed by atoms with E-state index in [9.17, 15) is 0 Å². The van der Waals surface area contributed by atoms with Crippen molar-refractivity contribution >= 4 is 23.2 Å². The van der Waals surface area contributed by atoms with Gasteiger partial charge in [0.2, 0.25) is 0 Å². The van der Waals surface area contributed by atoms with E-state index in [4.69, 9.17) is 23.2 Å². The van der Waals surface area contributed by atoms with Gasteiger partial charge in [0.25, 0.3) is 0 Å². The van der Waals surface area contributed by atoms with E-state index in [0.29, 0.717) is 16.0 Å². The first kappa shape index (κ1) is 13.5. The maximum absolute atomic E-state index is 6.21. The molecule has 0 fully saturated rings. The lowest BCUT2D eigenvalue weighted by Gasteiger charge is -2.08. The molecule has 0 nitrogen and oxygen atoms in total. The predicted molar refractivity (Wildman–Crippen MR) is 80.1 cm³/mol. The fourth-order valence-corrected chi connectivity index (χ4v) is 2.36. The van der Waals surface area contributed by atoms with Gasteiger partial charge in [-0.05, 0) is 29.5 Å². The van der Waals surface area contributed by atoms with E-state index < -0.39 is 0 Å². The number of benzene rings is 2. The SMILES string of the molecule is [CH2]C(C)Cc1ccc(-c2cccc(Cl)c2Cl)cc1. The summed E-state index contributed by atoms with van der Waals surface area (Å²) in [7, 11) is 0. The van der Waals surface area contributed by atoms with Crippen LogP contribution in [0.4, 0.5) is 0 Å². The van der Waals surface area contributed by atoms with Crippen LogP contribution in [-0.4, -0.2) is 0 Å². The van der Waals surface area contributed by atoms with Gasteiger partial charge in [-0.2, -0.15) is 0 Å². The quantitative estimate of drug-likeness (QED) is 0.678. The van der Waals surface area contributed by atoms with Crippen LogP contribution in [0.15, 0.2) is 42.5 Å². The highest BCUT2D eigenvalue weighted by atomic mass is 35.5. The van der Waals surface area contributed by atoms with Crippen LogP contribution in [0.2, 0.25) is 10.0 Å². The molecule has 0 saturated heterocycles. The van der Waals surface area contributed by atoms with Crippen molar-refractivity contribution in [1.82, 2.24) is 0 Å². The lowest BCUT2D eigenvalue weighted by Crippen LogP contribution is -1.93. The molecule has 0 aliphatic rings. The Morgan fingerprint density at radius 1 is 1.06 bits per heavy atom. The summed E-state index contributed by atoms with van der Waals surface area (Å²) in [6, 6.07) is 14.1. The Morgan fingerprint density at radius 3 is 2.33 bits per heavy atom. The summed E-state index contributed by atoms with van der Waals surface area (Å²) in [6.07, 6.45) is 0.990. The van der Waals surface area contributed by atoms with Crippen LogP contribution in [0.5, 0.6) is 0 Å². The minimum atomic E-state index is 0.422. The van der Waals surface area contributed by atoms with Gasteiger partial charge in [-0.25, -0.2) is 0 Å². The normalized spacial score (nSPS) is 10.9. The molecular weight excluding hydrogens is 263 g/mol. The van der Waals surface area contributed by atoms with E-state index in [-0.39, 0.29) is 0 Å². The highest BCUT2D eigenvalue weighted by Gasteiger charge is 2.06. The Balaban J connectivity index is 2.32. The van der Waals surface area contributed by atoms with Gasteiger partial charge in [-0.15, -0.1) is 0 Å². The average molecular weight is 278 g/mol. The third-order valence-electron chi connectivity index (χ3n) is 2.80. The summed E-state index contributed by atoms with van der Waals surface area (Å²) in [6.45, 7) is 6.11. The van der Waals surface area contributed by atoms with Crippen molar-refractivity contribution in [3.8, 4) is 11.1 Å². The summed E-state index contributed by atoms with van der Waals surface area (Å²) < 4.78 is 0. The highest BCUT2D eigenvalue weighted by Crippen LogP contribution is 2.33. The zero-order valence-electron chi connectivity index (χ0n) is 10.3. The molecular formula is C16H15Cl2. The van der Waals surface area contributed by atoms with Crippen molar-refractivity contribution in [3.63, 3.8) is 0 Å². The Hall–Kier alpha value is -0.980. The summed E-state index contributed by atoms with van der Waals surface area (Å²) in [5.41, 5.74) is 3.35. The van der Waals surface area contributed by atoms with Crippen LogP contribution in [0.1, 0.15) is 12.5 Å². The Labute approximate surface area is 119 Å². The summed E-state index contributed by atoms with van der Waals surface area (Å²) >= 11 is 12.2. The molecule has 1 unspecified atom stereocenters. The fraction of sp³-hybridized carbons (Fsp3) is 0.188. The third-order valence-corrected chi connectivity index (χ3v) is 3.62. The molecule has 0 heterocycles. The van der Waals surface area contributed by atoms with Crippen molar-refractivity contribution in [2.75, 3.05) is 0 Å². The van der Waals surface area contributed by atoms with Crippen molar-refractivity contribution in [3.05, 3.63) is 65.0 Å². The van der Waals surface area contributed by atoms with Gasteiger partial charge in [0.1, 0.15) is 0 Å². The molecule has 2 rings (SSSR count). The van der Waals surface area contributed by atoms with Crippen LogP contribution in [0.3, 0.4) is 0 Å². The Kier molecular flexibility index (Phi) is 4.31. The van der Waals surface area contributed by atoms with Crippen molar-refractivity contribution in [2.24, 2.45) is 5.92 Å². The van der Waals surface area contributed by atoms with Gasteiger partial charge in [-0.1, -0.05) is 73.4 Å². The van der Waals surface area contributed by atoms with Gasteiger partial charge >= 0.3 is 0 Å². The van der Waals surface area contributed by atoms with E-state index in [2.05, 4.69) is 38.1 Å². The second-order valence-electron chi connectivity index (χ2n) is 4.61. The van der Waals surface area contributed by atoms with Crippen molar-refractivity contribution in [1.29, 1.82) is 0 Å². The van der Waals surface area contributed by atoms with Gasteiger partial charge < -0.3 is 0 Å². The minimum Gasteiger partial charge on any atom is -0.0827 e. The molecule has 0 bridgehead atoms. The molecule has 0 aliphatic heterocycles. The van der Waals surface area contributed by atoms with Crippen molar-refractivity contribution in [2.45, 2.75) is 13.3 Å². The minimum absolute atomic E-state index is 0.422. The molecule has 18 heavy (non-hydrogen) atoms. The van der Waals surface area contributed by atoms with Crippen LogP contribution in [0.25, 0.3) is 11.1 Å². The monoisotopic (exact) mass is 277 g/mol. The van der Waals surface area contributed by atoms with E-state index in [1.165, 1.54) is 5.56 Å². The second kappa shape index (κ2) is 5.77. The number of rotatable bonds is 3. The molecule has 0 aliphatic carbocycles. The predicted octanol–water partition coefficient (Wildman–Crippen LogP) is 5.67. The molecule has 0 amide bonds. The van der Waals surface area contributed by atoms with E-state index in [1.54, 1.807) is 6.07 Å². The molecule has 0 aromatic heterocycles. The Morgan fingerprint density at radius 2 is 1.72 bits per heavy atom. The van der Waals surface area contributed by atoms with Gasteiger partial charge in [0.15, 0.2) is 0 Å². The van der Waals surface area contributed by atoms with Gasteiger partial charge in [0, 0.05) is 5.56 Å². The maximum Gasteiger partial charge on any atom is 0.0670 e. The topological polar surface area (TPSA) is 0 Å². The summed E-state index contributed by atoms with van der Waals surface area (Å²) in [5, 5.41) is 1.20. The molecule has 0 N–H and O–H groups in total. The smallest absolute Gasteiger partial charge is 0.0670 e. The van der Waals surface area contributed by atoms with Crippen LogP contribution in [0, 0.1) is 12.8 Å². The third kappa shape index (κ3) is 3.07. The van der Waals surface area contributed by atoms with Gasteiger partial charge in [0.05, 0.1) is 10.0 Å². The van der Waals surface area contributed by atoms with Crippen LogP contribution < -0.4 is 0 Å². The molecule has 2 heteroatoms. The number of hydrogen-bond acceptors (Lipinski definition) is 0. The van der Waals surface area contributed by atoms with E-state index in [1.807, 2.05) is 12.1 Å². The van der Waals surface area contributed by atoms with Gasteiger partial charge in [-0.3, -0.25) is 0 Å². The Bertz CT molecular complexity index is 527. The molecule has 93 valence electrons. The van der Waals surface area contributed by atoms with E-state index >= 15 is 0 Å². The zero-order chi connectivity index (χ0) is 13.1. The lowest BCUT2D eigenvalue weighted by atomic mass is 9.99. The van der Waals surface area contributed by atoms with Crippen LogP contribution in [-0.2, 0) is 6.42 Å². The molecule has 0 spiro atoms. The standard InChI is InChI=1S/C16H15Cl2/c1-11(2)10-12-6-8-13(9-7-12)14-4-3-5-15(17)16(14)18/h3-9,11H,1,10H2,2H3. The largest absolute Gasteiger partial charge is 0.0827 e. The summed E-state index contributed by atoms with van der Waals surface area (Å²) in [4.78, 5) is 0. The first-order valence-corrected chi connectivity index (χ1v) is 6.70. The molecule has 2 aromatic carbocycles. The zero-order valence-corrected chi connectivity index (χ0v) is 11.8. The van der Waals surface area contributed by atoms with Crippen molar-refractivity contribution < 1.29 is 0 Å². The molecule has 1 radical (unpaired) electrons. The number of hydrogen-bond donors (Lipinski definition) is 0. The molecule has 0 saturated carbocycles. The highest BCUT2D eigenvalue weighted by molar-refractivity contribution is 6.43. The lowest BCUT2D eigenvalue weighted by molar-refractivity contribution is 0.719.